The Labute approximate surface area is 206 Å². The fourth-order valence-electron chi connectivity index (χ4n) is 3.13. The molecule has 33 heavy (non-hydrogen) atoms. The third kappa shape index (κ3) is 7.16. The zero-order valence-corrected chi connectivity index (χ0v) is 20.1. The zero-order valence-electron chi connectivity index (χ0n) is 17.6. The van der Waals surface area contributed by atoms with Crippen LogP contribution in [0.2, 0.25) is 0 Å². The minimum atomic E-state index is -1.09. The molecule has 1 amide bonds. The molecule has 176 valence electrons. The van der Waals surface area contributed by atoms with Crippen LogP contribution in [0.5, 0.6) is 11.5 Å². The molecule has 0 saturated carbocycles. The molecule has 0 aromatic heterocycles. The van der Waals surface area contributed by atoms with Crippen molar-refractivity contribution in [2.45, 2.75) is 24.1 Å². The number of ether oxygens (including phenoxy) is 2. The second-order valence-electron chi connectivity index (χ2n) is 7.12. The van der Waals surface area contributed by atoms with Crippen LogP contribution >= 0.6 is 36.4 Å². The predicted octanol–water partition coefficient (Wildman–Crippen LogP) is 2.80. The third-order valence-corrected chi connectivity index (χ3v) is 6.35. The minimum Gasteiger partial charge on any atom is -0.480 e. The van der Waals surface area contributed by atoms with Crippen molar-refractivity contribution in [3.63, 3.8) is 0 Å². The summed E-state index contributed by atoms with van der Waals surface area (Å²) < 4.78 is 10.8. The molecule has 3 N–H and O–H groups in total. The summed E-state index contributed by atoms with van der Waals surface area (Å²) in [6, 6.07) is 13.9. The summed E-state index contributed by atoms with van der Waals surface area (Å²) in [4.78, 5) is 35.9. The Hall–Kier alpha value is -2.66. The van der Waals surface area contributed by atoms with Crippen molar-refractivity contribution in [3.8, 4) is 11.5 Å². The van der Waals surface area contributed by atoms with Crippen molar-refractivity contribution in [2.75, 3.05) is 13.7 Å². The molecule has 1 aliphatic rings. The molecule has 3 rings (SSSR count). The van der Waals surface area contributed by atoms with Gasteiger partial charge in [-0.2, -0.15) is 0 Å². The van der Waals surface area contributed by atoms with E-state index in [4.69, 9.17) is 27.8 Å². The van der Waals surface area contributed by atoms with Gasteiger partial charge in [0.1, 0.15) is 28.4 Å². The number of benzene rings is 2. The molecule has 0 aliphatic carbocycles. The molecular weight excluding hydrogens is 488 g/mol. The standard InChI is InChI=1S/C22H22N2O6S2.ClH/c1-29-21(28)17(23)10-13-2-6-15(7-3-13)30-16-8-4-14(5-9-16)11-18-20(27)24(12-19(25)26)22(31)32-18;/h2-9,17-18H,10-12,23H2,1H3,(H,25,26);1H/t17-,18+;/m1./s1. The van der Waals surface area contributed by atoms with E-state index in [0.29, 0.717) is 28.7 Å². The van der Waals surface area contributed by atoms with E-state index >= 15 is 0 Å². The van der Waals surface area contributed by atoms with Gasteiger partial charge in [-0.15, -0.1) is 12.4 Å². The smallest absolute Gasteiger partial charge is 0.323 e. The maximum absolute atomic E-state index is 12.4. The van der Waals surface area contributed by atoms with Crippen LogP contribution in [0.25, 0.3) is 0 Å². The van der Waals surface area contributed by atoms with Crippen molar-refractivity contribution < 1.29 is 29.0 Å². The number of amides is 1. The van der Waals surface area contributed by atoms with Crippen LogP contribution in [0.15, 0.2) is 48.5 Å². The molecule has 2 atom stereocenters. The van der Waals surface area contributed by atoms with Gasteiger partial charge in [0, 0.05) is 0 Å². The Morgan fingerprint density at radius 2 is 1.67 bits per heavy atom. The maximum Gasteiger partial charge on any atom is 0.323 e. The van der Waals surface area contributed by atoms with Crippen molar-refractivity contribution in [3.05, 3.63) is 59.7 Å². The van der Waals surface area contributed by atoms with Gasteiger partial charge in [-0.05, 0) is 48.2 Å². The summed E-state index contributed by atoms with van der Waals surface area (Å²) in [6.45, 7) is -0.415. The Bertz CT molecular complexity index is 1020. The highest BCUT2D eigenvalue weighted by Crippen LogP contribution is 2.30. The van der Waals surface area contributed by atoms with Gasteiger partial charge in [0.05, 0.1) is 12.4 Å². The highest BCUT2D eigenvalue weighted by Gasteiger charge is 2.37. The number of aliphatic carboxylic acids is 1. The first-order chi connectivity index (χ1) is 15.3. The quantitative estimate of drug-likeness (QED) is 0.387. The van der Waals surface area contributed by atoms with Gasteiger partial charge < -0.3 is 20.3 Å². The first-order valence-corrected chi connectivity index (χ1v) is 11.0. The largest absolute Gasteiger partial charge is 0.480 e. The van der Waals surface area contributed by atoms with Crippen LogP contribution in [-0.2, 0) is 32.0 Å². The lowest BCUT2D eigenvalue weighted by atomic mass is 10.1. The van der Waals surface area contributed by atoms with E-state index in [1.807, 2.05) is 24.3 Å². The van der Waals surface area contributed by atoms with E-state index in [2.05, 4.69) is 4.74 Å². The molecule has 1 saturated heterocycles. The number of carboxylic acids is 1. The number of nitrogens with two attached hydrogens (primary N) is 1. The second-order valence-corrected chi connectivity index (χ2v) is 8.95. The number of methoxy groups -OCH3 is 1. The number of carbonyl (C=O) groups is 3. The fraction of sp³-hybridized carbons (Fsp3) is 0.273. The Morgan fingerprint density at radius 3 is 2.18 bits per heavy atom. The Morgan fingerprint density at radius 1 is 1.12 bits per heavy atom. The van der Waals surface area contributed by atoms with Gasteiger partial charge in [-0.1, -0.05) is 48.2 Å². The van der Waals surface area contributed by atoms with Crippen molar-refractivity contribution in [1.29, 1.82) is 0 Å². The fourth-order valence-corrected chi connectivity index (χ4v) is 4.66. The average molecular weight is 511 g/mol. The van der Waals surface area contributed by atoms with Crippen LogP contribution in [0.4, 0.5) is 0 Å². The lowest BCUT2D eigenvalue weighted by Gasteiger charge is -2.12. The summed E-state index contributed by atoms with van der Waals surface area (Å²) in [5.41, 5.74) is 7.58. The van der Waals surface area contributed by atoms with Crippen molar-refractivity contribution in [2.24, 2.45) is 5.73 Å². The van der Waals surface area contributed by atoms with Crippen molar-refractivity contribution >= 4 is 58.6 Å². The number of halogens is 1. The van der Waals surface area contributed by atoms with E-state index in [0.717, 1.165) is 16.0 Å². The molecule has 1 heterocycles. The monoisotopic (exact) mass is 510 g/mol. The first-order valence-electron chi connectivity index (χ1n) is 9.69. The molecule has 11 heteroatoms. The molecule has 0 unspecified atom stereocenters. The number of nitrogens with zero attached hydrogens (tertiary/aromatic N) is 1. The van der Waals surface area contributed by atoms with E-state index in [1.54, 1.807) is 24.3 Å². The van der Waals surface area contributed by atoms with Gasteiger partial charge in [0.2, 0.25) is 5.91 Å². The number of thiocarbonyl (C=S) groups is 1. The third-order valence-electron chi connectivity index (χ3n) is 4.76. The first kappa shape index (κ1) is 26.6. The summed E-state index contributed by atoms with van der Waals surface area (Å²) in [5, 5.41) is 8.49. The summed E-state index contributed by atoms with van der Waals surface area (Å²) >= 11 is 6.34. The number of carboxylic acid groups (broad SMARTS) is 1. The van der Waals surface area contributed by atoms with E-state index < -0.39 is 29.8 Å². The highest BCUT2D eigenvalue weighted by molar-refractivity contribution is 8.24. The lowest BCUT2D eigenvalue weighted by Crippen LogP contribution is -2.36. The van der Waals surface area contributed by atoms with Crippen LogP contribution in [0, 0.1) is 0 Å². The Balaban J connectivity index is 0.00000385. The van der Waals surface area contributed by atoms with E-state index in [-0.39, 0.29) is 18.3 Å². The maximum atomic E-state index is 12.4. The van der Waals surface area contributed by atoms with E-state index in [9.17, 15) is 14.4 Å². The average Bonchev–Trinajstić information content (AvgIpc) is 3.02. The topological polar surface area (TPSA) is 119 Å². The molecular formula is C22H23ClN2O6S2. The molecule has 2 aromatic carbocycles. The van der Waals surface area contributed by atoms with Crippen LogP contribution in [0.1, 0.15) is 11.1 Å². The van der Waals surface area contributed by atoms with Gasteiger partial charge in [-0.25, -0.2) is 0 Å². The van der Waals surface area contributed by atoms with Crippen LogP contribution < -0.4 is 10.5 Å². The Kier molecular flexibility index (Phi) is 9.66. The zero-order chi connectivity index (χ0) is 23.3. The van der Waals surface area contributed by atoms with Gasteiger partial charge in [0.15, 0.2) is 0 Å². The predicted molar refractivity (Wildman–Crippen MR) is 131 cm³/mol. The minimum absolute atomic E-state index is 0. The number of thioether (sulfide) groups is 1. The number of esters is 1. The number of hydrogen-bond acceptors (Lipinski definition) is 8. The highest BCUT2D eigenvalue weighted by atomic mass is 35.5. The molecule has 0 bridgehead atoms. The molecule has 1 aliphatic heterocycles. The summed E-state index contributed by atoms with van der Waals surface area (Å²) in [6.07, 6.45) is 0.808. The molecule has 2 aromatic rings. The molecule has 0 radical (unpaired) electrons. The number of rotatable bonds is 9. The summed E-state index contributed by atoms with van der Waals surface area (Å²) in [7, 11) is 1.30. The summed E-state index contributed by atoms with van der Waals surface area (Å²) in [5.74, 6) is -0.581. The van der Waals surface area contributed by atoms with Crippen LogP contribution in [-0.4, -0.2) is 57.1 Å². The number of carbonyl (C=O) groups excluding carboxylic acids is 2. The lowest BCUT2D eigenvalue weighted by molar-refractivity contribution is -0.142. The van der Waals surface area contributed by atoms with Crippen LogP contribution in [0.3, 0.4) is 0 Å². The van der Waals surface area contributed by atoms with Crippen molar-refractivity contribution in [1.82, 2.24) is 4.90 Å². The molecule has 0 spiro atoms. The normalized spacial score (nSPS) is 16.2. The second kappa shape index (κ2) is 12.0. The van der Waals surface area contributed by atoms with Gasteiger partial charge in [0.25, 0.3) is 0 Å². The van der Waals surface area contributed by atoms with Gasteiger partial charge >= 0.3 is 11.9 Å². The molecule has 1 fully saturated rings. The number of hydrogen-bond donors (Lipinski definition) is 2. The SMILES string of the molecule is COC(=O)[C@H](N)Cc1ccc(Oc2ccc(C[C@@H]3SC(=S)N(CC(=O)O)C3=O)cc2)cc1.Cl. The van der Waals surface area contributed by atoms with Gasteiger partial charge in [-0.3, -0.25) is 19.3 Å². The molecule has 8 nitrogen and oxygen atoms in total. The van der Waals surface area contributed by atoms with E-state index in [1.165, 1.54) is 18.9 Å².